The number of halogens is 1. The van der Waals surface area contributed by atoms with E-state index in [2.05, 4.69) is 25.2 Å². The SMILES string of the molecule is CC(C)c1ccc(N2C(=O)C(Cc3ccc(Cl)cc3)S/C2=C(/C#N)C(=O)NC(C)c2ccccc2)cc1. The van der Waals surface area contributed by atoms with Crippen LogP contribution in [0.15, 0.2) is 89.5 Å². The van der Waals surface area contributed by atoms with Crippen LogP contribution < -0.4 is 10.2 Å². The Kier molecular flexibility index (Phi) is 8.38. The monoisotopic (exact) mass is 529 g/mol. The molecule has 3 aromatic carbocycles. The highest BCUT2D eigenvalue weighted by molar-refractivity contribution is 8.05. The van der Waals surface area contributed by atoms with E-state index in [0.29, 0.717) is 28.1 Å². The average molecular weight is 530 g/mol. The Bertz CT molecular complexity index is 1350. The lowest BCUT2D eigenvalue weighted by Crippen LogP contribution is -2.32. The second-order valence-electron chi connectivity index (χ2n) is 9.25. The van der Waals surface area contributed by atoms with Gasteiger partial charge in [-0.15, -0.1) is 0 Å². The molecule has 1 heterocycles. The lowest BCUT2D eigenvalue weighted by atomic mass is 10.0. The predicted octanol–water partition coefficient (Wildman–Crippen LogP) is 6.77. The van der Waals surface area contributed by atoms with Crippen LogP contribution in [0, 0.1) is 11.3 Å². The van der Waals surface area contributed by atoms with E-state index in [1.165, 1.54) is 16.7 Å². The Morgan fingerprint density at radius 3 is 2.24 bits per heavy atom. The Morgan fingerprint density at radius 1 is 1.00 bits per heavy atom. The minimum absolute atomic E-state index is 0.0762. The Hall–Kier alpha value is -3.53. The molecule has 0 aliphatic carbocycles. The Balaban J connectivity index is 1.70. The molecule has 2 amide bonds. The van der Waals surface area contributed by atoms with Gasteiger partial charge in [-0.1, -0.05) is 91.8 Å². The molecule has 4 rings (SSSR count). The van der Waals surface area contributed by atoms with E-state index in [0.717, 1.165) is 16.7 Å². The predicted molar refractivity (Wildman–Crippen MR) is 150 cm³/mol. The third-order valence-corrected chi connectivity index (χ3v) is 7.82. The van der Waals surface area contributed by atoms with Crippen LogP contribution in [0.1, 0.15) is 49.4 Å². The first-order chi connectivity index (χ1) is 17.8. The van der Waals surface area contributed by atoms with E-state index in [1.54, 1.807) is 12.1 Å². The van der Waals surface area contributed by atoms with Crippen molar-refractivity contribution in [3.63, 3.8) is 0 Å². The average Bonchev–Trinajstić information content (AvgIpc) is 3.21. The maximum atomic E-state index is 13.7. The number of hydrogen-bond acceptors (Lipinski definition) is 4. The summed E-state index contributed by atoms with van der Waals surface area (Å²) in [7, 11) is 0. The van der Waals surface area contributed by atoms with Crippen molar-refractivity contribution in [2.24, 2.45) is 0 Å². The summed E-state index contributed by atoms with van der Waals surface area (Å²) in [5.41, 5.74) is 3.57. The normalized spacial score (nSPS) is 17.5. The van der Waals surface area contributed by atoms with Gasteiger partial charge in [0.1, 0.15) is 16.7 Å². The maximum absolute atomic E-state index is 13.7. The zero-order valence-electron chi connectivity index (χ0n) is 20.9. The number of thioether (sulfide) groups is 1. The van der Waals surface area contributed by atoms with E-state index >= 15 is 0 Å². The molecule has 2 atom stereocenters. The molecule has 0 saturated carbocycles. The first kappa shape index (κ1) is 26.5. The van der Waals surface area contributed by atoms with Gasteiger partial charge in [0.15, 0.2) is 0 Å². The summed E-state index contributed by atoms with van der Waals surface area (Å²) in [4.78, 5) is 28.5. The smallest absolute Gasteiger partial charge is 0.265 e. The number of hydrogen-bond donors (Lipinski definition) is 1. The summed E-state index contributed by atoms with van der Waals surface area (Å²) in [5, 5.41) is 13.5. The zero-order valence-corrected chi connectivity index (χ0v) is 22.5. The van der Waals surface area contributed by atoms with Crippen molar-refractivity contribution in [1.82, 2.24) is 5.32 Å². The molecular formula is C30H28ClN3O2S. The molecule has 37 heavy (non-hydrogen) atoms. The maximum Gasteiger partial charge on any atom is 0.265 e. The van der Waals surface area contributed by atoms with Crippen LogP contribution >= 0.6 is 23.4 Å². The van der Waals surface area contributed by atoms with Gasteiger partial charge in [0, 0.05) is 10.7 Å². The summed E-state index contributed by atoms with van der Waals surface area (Å²) >= 11 is 7.29. The molecule has 3 aromatic rings. The van der Waals surface area contributed by atoms with Gasteiger partial charge in [-0.2, -0.15) is 5.26 Å². The highest BCUT2D eigenvalue weighted by Gasteiger charge is 2.41. The van der Waals surface area contributed by atoms with Crippen LogP contribution in [0.3, 0.4) is 0 Å². The molecule has 188 valence electrons. The van der Waals surface area contributed by atoms with Gasteiger partial charge in [-0.3, -0.25) is 14.5 Å². The van der Waals surface area contributed by atoms with Crippen LogP contribution in [0.2, 0.25) is 5.02 Å². The Labute approximate surface area is 227 Å². The number of nitriles is 1. The van der Waals surface area contributed by atoms with Gasteiger partial charge < -0.3 is 5.32 Å². The van der Waals surface area contributed by atoms with Gasteiger partial charge >= 0.3 is 0 Å². The second kappa shape index (κ2) is 11.7. The van der Waals surface area contributed by atoms with Gasteiger partial charge in [-0.25, -0.2) is 0 Å². The first-order valence-corrected chi connectivity index (χ1v) is 13.4. The third-order valence-electron chi connectivity index (χ3n) is 6.31. The summed E-state index contributed by atoms with van der Waals surface area (Å²) in [6.07, 6.45) is 0.450. The molecule has 0 spiro atoms. The molecule has 1 N–H and O–H groups in total. The number of anilines is 1. The number of rotatable bonds is 7. The van der Waals surface area contributed by atoms with E-state index in [-0.39, 0.29) is 17.5 Å². The summed E-state index contributed by atoms with van der Waals surface area (Å²) in [6.45, 7) is 6.07. The van der Waals surface area contributed by atoms with Gasteiger partial charge in [0.05, 0.1) is 11.3 Å². The van der Waals surface area contributed by atoms with Crippen LogP contribution in [-0.2, 0) is 16.0 Å². The molecule has 5 nitrogen and oxygen atoms in total. The fourth-order valence-electron chi connectivity index (χ4n) is 4.16. The van der Waals surface area contributed by atoms with Crippen LogP contribution in [-0.4, -0.2) is 17.1 Å². The van der Waals surface area contributed by atoms with Gasteiger partial charge in [-0.05, 0) is 60.2 Å². The van der Waals surface area contributed by atoms with E-state index in [4.69, 9.17) is 11.6 Å². The molecule has 2 unspecified atom stereocenters. The lowest BCUT2D eigenvalue weighted by molar-refractivity contribution is -0.117. The first-order valence-electron chi connectivity index (χ1n) is 12.1. The molecular weight excluding hydrogens is 502 g/mol. The number of nitrogens with one attached hydrogen (secondary N) is 1. The van der Waals surface area contributed by atoms with Crippen molar-refractivity contribution < 1.29 is 9.59 Å². The molecule has 0 radical (unpaired) electrons. The van der Waals surface area contributed by atoms with Crippen LogP contribution in [0.25, 0.3) is 0 Å². The molecule has 1 aliphatic heterocycles. The molecule has 0 aromatic heterocycles. The Morgan fingerprint density at radius 2 is 1.65 bits per heavy atom. The highest BCUT2D eigenvalue weighted by atomic mass is 35.5. The topological polar surface area (TPSA) is 73.2 Å². The number of nitrogens with zero attached hydrogens (tertiary/aromatic N) is 2. The fraction of sp³-hybridized carbons (Fsp3) is 0.233. The number of benzene rings is 3. The van der Waals surface area contributed by atoms with Crippen molar-refractivity contribution in [1.29, 1.82) is 5.26 Å². The molecule has 7 heteroatoms. The summed E-state index contributed by atoms with van der Waals surface area (Å²) in [6, 6.07) is 26.4. The minimum atomic E-state index is -0.509. The van der Waals surface area contributed by atoms with Crippen molar-refractivity contribution >= 4 is 40.9 Å². The quantitative estimate of drug-likeness (QED) is 0.271. The van der Waals surface area contributed by atoms with Crippen LogP contribution in [0.5, 0.6) is 0 Å². The fourth-order valence-corrected chi connectivity index (χ4v) is 5.59. The van der Waals surface area contributed by atoms with Crippen molar-refractivity contribution in [3.8, 4) is 6.07 Å². The van der Waals surface area contributed by atoms with E-state index < -0.39 is 11.2 Å². The summed E-state index contributed by atoms with van der Waals surface area (Å²) < 4.78 is 0. The van der Waals surface area contributed by atoms with Crippen molar-refractivity contribution in [2.75, 3.05) is 4.90 Å². The lowest BCUT2D eigenvalue weighted by Gasteiger charge is -2.20. The number of carbonyl (C=O) groups is 2. The number of carbonyl (C=O) groups excluding carboxylic acids is 2. The molecule has 1 saturated heterocycles. The third kappa shape index (κ3) is 6.07. The van der Waals surface area contributed by atoms with Crippen molar-refractivity contribution in [2.45, 2.75) is 44.4 Å². The van der Waals surface area contributed by atoms with Gasteiger partial charge in [0.2, 0.25) is 5.91 Å². The largest absolute Gasteiger partial charge is 0.345 e. The van der Waals surface area contributed by atoms with E-state index in [1.807, 2.05) is 73.7 Å². The molecule has 1 fully saturated rings. The summed E-state index contributed by atoms with van der Waals surface area (Å²) in [5.74, 6) is -0.334. The number of amides is 2. The second-order valence-corrected chi connectivity index (χ2v) is 10.9. The van der Waals surface area contributed by atoms with E-state index in [9.17, 15) is 14.9 Å². The van der Waals surface area contributed by atoms with Crippen molar-refractivity contribution in [3.05, 3.63) is 111 Å². The standard InChI is InChI=1S/C30H28ClN3O2S/c1-19(2)22-11-15-25(16-12-22)34-29(36)27(17-21-9-13-24(31)14-10-21)37-30(34)26(18-32)28(35)33-20(3)23-7-5-4-6-8-23/h4-16,19-20,27H,17H2,1-3H3,(H,33,35)/b30-26-. The molecule has 1 aliphatic rings. The minimum Gasteiger partial charge on any atom is -0.345 e. The highest BCUT2D eigenvalue weighted by Crippen LogP contribution is 2.42. The zero-order chi connectivity index (χ0) is 26.5. The van der Waals surface area contributed by atoms with Crippen LogP contribution in [0.4, 0.5) is 5.69 Å². The van der Waals surface area contributed by atoms with Gasteiger partial charge in [0.25, 0.3) is 5.91 Å². The molecule has 0 bridgehead atoms.